The van der Waals surface area contributed by atoms with Crippen LogP contribution in [0.3, 0.4) is 0 Å². The first-order valence-electron chi connectivity index (χ1n) is 11.4. The van der Waals surface area contributed by atoms with Crippen LogP contribution in [0.4, 0.5) is 13.6 Å². The first-order valence-corrected chi connectivity index (χ1v) is 11.4. The van der Waals surface area contributed by atoms with Gasteiger partial charge in [-0.2, -0.15) is 0 Å². The molecule has 1 saturated heterocycles. The van der Waals surface area contributed by atoms with E-state index in [1.165, 1.54) is 18.2 Å². The van der Waals surface area contributed by atoms with Crippen molar-refractivity contribution in [1.29, 1.82) is 0 Å². The maximum Gasteiger partial charge on any atom is 0.410 e. The van der Waals surface area contributed by atoms with Crippen molar-refractivity contribution in [3.05, 3.63) is 64.9 Å². The third-order valence-electron chi connectivity index (χ3n) is 5.68. The van der Waals surface area contributed by atoms with Crippen LogP contribution in [0.25, 0.3) is 11.0 Å². The summed E-state index contributed by atoms with van der Waals surface area (Å²) in [5, 5.41) is 3.49. The lowest BCUT2D eigenvalue weighted by molar-refractivity contribution is 0.0290. The number of carbonyl (C=O) groups is 2. The normalized spacial score (nSPS) is 15.9. The molecule has 186 valence electrons. The molecular weight excluding hydrogens is 458 g/mol. The van der Waals surface area contributed by atoms with Gasteiger partial charge in [-0.25, -0.2) is 13.6 Å². The Balaban J connectivity index is 1.46. The summed E-state index contributed by atoms with van der Waals surface area (Å²) in [5.74, 6) is -0.956. The third-order valence-corrected chi connectivity index (χ3v) is 5.68. The Bertz CT molecular complexity index is 1240. The molecule has 1 atom stereocenters. The van der Waals surface area contributed by atoms with E-state index in [-0.39, 0.29) is 24.1 Å². The lowest BCUT2D eigenvalue weighted by atomic mass is 10.1. The molecule has 1 N–H and O–H groups in total. The van der Waals surface area contributed by atoms with Crippen molar-refractivity contribution in [2.45, 2.75) is 52.4 Å². The van der Waals surface area contributed by atoms with Crippen LogP contribution < -0.4 is 10.1 Å². The van der Waals surface area contributed by atoms with Gasteiger partial charge in [0.1, 0.15) is 40.9 Å². The Morgan fingerprint density at radius 3 is 2.57 bits per heavy atom. The zero-order valence-corrected chi connectivity index (χ0v) is 20.1. The zero-order chi connectivity index (χ0) is 25.3. The Kier molecular flexibility index (Phi) is 6.69. The zero-order valence-electron chi connectivity index (χ0n) is 20.1. The molecule has 0 bridgehead atoms. The van der Waals surface area contributed by atoms with Gasteiger partial charge in [-0.3, -0.25) is 4.79 Å². The number of benzene rings is 2. The number of aryl methyl sites for hydroxylation is 1. The highest BCUT2D eigenvalue weighted by Gasteiger charge is 2.31. The van der Waals surface area contributed by atoms with E-state index in [9.17, 15) is 18.4 Å². The number of ether oxygens (including phenoxy) is 2. The SMILES string of the molecule is Cc1oc2ccc(OCc3c(F)cccc3F)cc2c1C(=O)NC1CCN(C(=O)OC(C)(C)C)C1. The van der Waals surface area contributed by atoms with E-state index < -0.39 is 23.3 Å². The highest BCUT2D eigenvalue weighted by molar-refractivity contribution is 6.07. The fourth-order valence-electron chi connectivity index (χ4n) is 4.02. The minimum atomic E-state index is -0.692. The average molecular weight is 487 g/mol. The molecule has 35 heavy (non-hydrogen) atoms. The second kappa shape index (κ2) is 9.56. The number of carbonyl (C=O) groups excluding carboxylic acids is 2. The Morgan fingerprint density at radius 2 is 1.89 bits per heavy atom. The Hall–Kier alpha value is -3.62. The number of hydrogen-bond donors (Lipinski definition) is 1. The quantitative estimate of drug-likeness (QED) is 0.527. The largest absolute Gasteiger partial charge is 0.489 e. The summed E-state index contributed by atoms with van der Waals surface area (Å²) >= 11 is 0. The molecule has 1 unspecified atom stereocenters. The van der Waals surface area contributed by atoms with Crippen LogP contribution in [0.15, 0.2) is 40.8 Å². The minimum absolute atomic E-state index is 0.176. The molecule has 0 aliphatic carbocycles. The minimum Gasteiger partial charge on any atom is -0.489 e. The summed E-state index contributed by atoms with van der Waals surface area (Å²) < 4.78 is 44.6. The number of likely N-dealkylation sites (tertiary alicyclic amines) is 1. The molecule has 0 spiro atoms. The van der Waals surface area contributed by atoms with E-state index in [1.54, 1.807) is 50.8 Å². The number of rotatable bonds is 5. The Labute approximate surface area is 202 Å². The van der Waals surface area contributed by atoms with Crippen molar-refractivity contribution in [2.75, 3.05) is 13.1 Å². The predicted molar refractivity (Wildman–Crippen MR) is 125 cm³/mol. The first-order chi connectivity index (χ1) is 16.5. The molecule has 0 saturated carbocycles. The number of nitrogens with one attached hydrogen (secondary N) is 1. The van der Waals surface area contributed by atoms with Crippen LogP contribution in [0.2, 0.25) is 0 Å². The lowest BCUT2D eigenvalue weighted by Crippen LogP contribution is -2.40. The number of furan rings is 1. The topological polar surface area (TPSA) is 81.0 Å². The lowest BCUT2D eigenvalue weighted by Gasteiger charge is -2.24. The van der Waals surface area contributed by atoms with Crippen LogP contribution in [-0.2, 0) is 11.3 Å². The van der Waals surface area contributed by atoms with E-state index >= 15 is 0 Å². The summed E-state index contributed by atoms with van der Waals surface area (Å²) in [5.41, 5.74) is 0.0603. The first kappa shape index (κ1) is 24.5. The van der Waals surface area contributed by atoms with Gasteiger partial charge in [0.05, 0.1) is 11.1 Å². The number of halogens is 2. The molecular formula is C26H28F2N2O5. The van der Waals surface area contributed by atoms with Gasteiger partial charge < -0.3 is 24.1 Å². The second-order valence-corrected chi connectivity index (χ2v) is 9.57. The van der Waals surface area contributed by atoms with Crippen molar-refractivity contribution in [3.8, 4) is 5.75 Å². The molecule has 7 nitrogen and oxygen atoms in total. The molecule has 2 heterocycles. The van der Waals surface area contributed by atoms with Gasteiger partial charge in [0.15, 0.2) is 0 Å². The van der Waals surface area contributed by atoms with Gasteiger partial charge in [-0.15, -0.1) is 0 Å². The number of amides is 2. The standard InChI is InChI=1S/C26H28F2N2O5/c1-15-23(24(31)29-16-10-11-30(13-16)25(32)35-26(2,3)4)18-12-17(8-9-22(18)34-15)33-14-19-20(27)6-5-7-21(19)28/h5-9,12,16H,10-11,13-14H2,1-4H3,(H,29,31). The summed E-state index contributed by atoms with van der Waals surface area (Å²) in [6, 6.07) is 8.26. The third kappa shape index (κ3) is 5.55. The van der Waals surface area contributed by atoms with Gasteiger partial charge in [0.25, 0.3) is 5.91 Å². The molecule has 1 fully saturated rings. The molecule has 9 heteroatoms. The van der Waals surface area contributed by atoms with Gasteiger partial charge in [0.2, 0.25) is 0 Å². The number of hydrogen-bond acceptors (Lipinski definition) is 5. The van der Waals surface area contributed by atoms with Crippen molar-refractivity contribution in [3.63, 3.8) is 0 Å². The molecule has 1 aromatic heterocycles. The van der Waals surface area contributed by atoms with Gasteiger partial charge in [-0.05, 0) is 64.4 Å². The van der Waals surface area contributed by atoms with E-state index in [0.29, 0.717) is 47.6 Å². The maximum absolute atomic E-state index is 13.9. The van der Waals surface area contributed by atoms with E-state index in [0.717, 1.165) is 0 Å². The van der Waals surface area contributed by atoms with E-state index in [4.69, 9.17) is 13.9 Å². The molecule has 1 aliphatic rings. The van der Waals surface area contributed by atoms with E-state index in [2.05, 4.69) is 5.32 Å². The Morgan fingerprint density at radius 1 is 1.17 bits per heavy atom. The van der Waals surface area contributed by atoms with Crippen LogP contribution in [0.1, 0.15) is 48.9 Å². The van der Waals surface area contributed by atoms with Crippen LogP contribution >= 0.6 is 0 Å². The van der Waals surface area contributed by atoms with Crippen molar-refractivity contribution < 1.29 is 32.3 Å². The monoisotopic (exact) mass is 486 g/mol. The van der Waals surface area contributed by atoms with Crippen LogP contribution in [0.5, 0.6) is 5.75 Å². The maximum atomic E-state index is 13.9. The fraction of sp³-hybridized carbons (Fsp3) is 0.385. The smallest absolute Gasteiger partial charge is 0.410 e. The highest BCUT2D eigenvalue weighted by atomic mass is 19.1. The summed E-state index contributed by atoms with van der Waals surface area (Å²) in [7, 11) is 0. The summed E-state index contributed by atoms with van der Waals surface area (Å²) in [4.78, 5) is 27.0. The summed E-state index contributed by atoms with van der Waals surface area (Å²) in [6.45, 7) is 7.62. The van der Waals surface area contributed by atoms with Crippen LogP contribution in [-0.4, -0.2) is 41.6 Å². The van der Waals surface area contributed by atoms with Crippen LogP contribution in [0, 0.1) is 18.6 Å². The van der Waals surface area contributed by atoms with Crippen molar-refractivity contribution in [2.24, 2.45) is 0 Å². The van der Waals surface area contributed by atoms with E-state index in [1.807, 2.05) is 0 Å². The number of fused-ring (bicyclic) bond motifs is 1. The van der Waals surface area contributed by atoms with Gasteiger partial charge in [0, 0.05) is 24.5 Å². The molecule has 2 amide bonds. The molecule has 4 rings (SSSR count). The highest BCUT2D eigenvalue weighted by Crippen LogP contribution is 2.30. The molecule has 2 aromatic carbocycles. The van der Waals surface area contributed by atoms with Gasteiger partial charge in [-0.1, -0.05) is 6.07 Å². The summed E-state index contributed by atoms with van der Waals surface area (Å²) in [6.07, 6.45) is 0.190. The molecule has 1 aliphatic heterocycles. The van der Waals surface area contributed by atoms with Gasteiger partial charge >= 0.3 is 6.09 Å². The molecule has 0 radical (unpaired) electrons. The number of nitrogens with zero attached hydrogens (tertiary/aromatic N) is 1. The fourth-order valence-corrected chi connectivity index (χ4v) is 4.02. The molecule has 3 aromatic rings. The van der Waals surface area contributed by atoms with Crippen molar-refractivity contribution >= 4 is 23.0 Å². The predicted octanol–water partition coefficient (Wildman–Crippen LogP) is 5.34. The second-order valence-electron chi connectivity index (χ2n) is 9.57. The average Bonchev–Trinajstić information content (AvgIpc) is 3.35. The van der Waals surface area contributed by atoms with Crippen molar-refractivity contribution in [1.82, 2.24) is 10.2 Å².